The number of hydrogen-bond acceptors (Lipinski definition) is 3. The fourth-order valence-corrected chi connectivity index (χ4v) is 2.08. The van der Waals surface area contributed by atoms with Gasteiger partial charge in [0.1, 0.15) is 0 Å². The van der Waals surface area contributed by atoms with Gasteiger partial charge in [0, 0.05) is 16.9 Å². The Morgan fingerprint density at radius 3 is 2.76 bits per heavy atom. The van der Waals surface area contributed by atoms with Crippen molar-refractivity contribution in [1.29, 1.82) is 0 Å². The fourth-order valence-electron chi connectivity index (χ4n) is 1.51. The molecular formula is C12H18BrN3O. The van der Waals surface area contributed by atoms with Gasteiger partial charge in [-0.1, -0.05) is 22.9 Å². The van der Waals surface area contributed by atoms with Gasteiger partial charge in [-0.15, -0.1) is 0 Å². The molecule has 17 heavy (non-hydrogen) atoms. The van der Waals surface area contributed by atoms with Crippen molar-refractivity contribution < 1.29 is 4.79 Å². The van der Waals surface area contributed by atoms with Crippen molar-refractivity contribution in [1.82, 2.24) is 5.32 Å². The van der Waals surface area contributed by atoms with E-state index in [1.54, 1.807) is 0 Å². The smallest absolute Gasteiger partial charge is 0.228 e. The van der Waals surface area contributed by atoms with Crippen molar-refractivity contribution >= 4 is 33.2 Å². The van der Waals surface area contributed by atoms with Crippen LogP contribution in [0, 0.1) is 12.8 Å². The maximum absolute atomic E-state index is 11.9. The van der Waals surface area contributed by atoms with Crippen LogP contribution in [0.25, 0.3) is 0 Å². The molecule has 0 saturated heterocycles. The highest BCUT2D eigenvalue weighted by atomic mass is 79.9. The lowest BCUT2D eigenvalue weighted by Crippen LogP contribution is -2.28. The topological polar surface area (TPSA) is 67.2 Å². The Morgan fingerprint density at radius 2 is 2.18 bits per heavy atom. The van der Waals surface area contributed by atoms with E-state index in [0.29, 0.717) is 17.9 Å². The highest BCUT2D eigenvalue weighted by molar-refractivity contribution is 9.10. The number of anilines is 2. The molecule has 0 aliphatic carbocycles. The van der Waals surface area contributed by atoms with E-state index in [1.165, 1.54) is 0 Å². The third-order valence-corrected chi connectivity index (χ3v) is 3.03. The summed E-state index contributed by atoms with van der Waals surface area (Å²) in [5.41, 5.74) is 8.13. The number of carbonyl (C=O) groups is 1. The lowest BCUT2D eigenvalue weighted by Gasteiger charge is -2.14. The van der Waals surface area contributed by atoms with E-state index in [-0.39, 0.29) is 11.8 Å². The normalized spacial score (nSPS) is 12.2. The molecule has 0 aliphatic rings. The quantitative estimate of drug-likeness (QED) is 0.746. The minimum absolute atomic E-state index is 0.0384. The fraction of sp³-hybridized carbons (Fsp3) is 0.417. The van der Waals surface area contributed by atoms with Gasteiger partial charge in [-0.25, -0.2) is 0 Å². The molecule has 0 aromatic heterocycles. The number of amides is 1. The monoisotopic (exact) mass is 299 g/mol. The largest absolute Gasteiger partial charge is 0.397 e. The summed E-state index contributed by atoms with van der Waals surface area (Å²) in [7, 11) is 1.82. The first kappa shape index (κ1) is 14.0. The van der Waals surface area contributed by atoms with Gasteiger partial charge in [-0.3, -0.25) is 4.79 Å². The van der Waals surface area contributed by atoms with Crippen LogP contribution in [0.2, 0.25) is 0 Å². The van der Waals surface area contributed by atoms with Crippen molar-refractivity contribution in [2.24, 2.45) is 5.92 Å². The van der Waals surface area contributed by atoms with E-state index in [1.807, 2.05) is 33.0 Å². The van der Waals surface area contributed by atoms with Crippen molar-refractivity contribution in [3.8, 4) is 0 Å². The number of carbonyl (C=O) groups excluding carboxylic acids is 1. The van der Waals surface area contributed by atoms with Crippen LogP contribution in [-0.2, 0) is 4.79 Å². The standard InChI is InChI=1S/C12H18BrN3O/c1-7-4-9(13)5-10(11(7)14)16-12(17)8(2)6-15-3/h4-5,8,15H,6,14H2,1-3H3,(H,16,17). The number of rotatable bonds is 4. The predicted molar refractivity (Wildman–Crippen MR) is 75.0 cm³/mol. The molecule has 0 heterocycles. The molecule has 1 rings (SSSR count). The Bertz CT molecular complexity index is 420. The van der Waals surface area contributed by atoms with Gasteiger partial charge < -0.3 is 16.4 Å². The van der Waals surface area contributed by atoms with Crippen molar-refractivity contribution in [2.75, 3.05) is 24.6 Å². The van der Waals surface area contributed by atoms with Gasteiger partial charge in [0.25, 0.3) is 0 Å². The van der Waals surface area contributed by atoms with Gasteiger partial charge in [-0.05, 0) is 31.7 Å². The zero-order chi connectivity index (χ0) is 13.0. The summed E-state index contributed by atoms with van der Waals surface area (Å²) >= 11 is 3.39. The average Bonchev–Trinajstić information content (AvgIpc) is 2.25. The van der Waals surface area contributed by atoms with Crippen LogP contribution in [0.1, 0.15) is 12.5 Å². The van der Waals surface area contributed by atoms with E-state index in [4.69, 9.17) is 5.73 Å². The first-order valence-corrected chi connectivity index (χ1v) is 6.26. The summed E-state index contributed by atoms with van der Waals surface area (Å²) in [4.78, 5) is 11.9. The summed E-state index contributed by atoms with van der Waals surface area (Å²) < 4.78 is 0.903. The molecule has 1 amide bonds. The minimum atomic E-state index is -0.0984. The van der Waals surface area contributed by atoms with E-state index < -0.39 is 0 Å². The predicted octanol–water partition coefficient (Wildman–Crippen LogP) is 2.13. The maximum atomic E-state index is 11.9. The first-order valence-electron chi connectivity index (χ1n) is 5.46. The molecule has 0 saturated carbocycles. The molecular weight excluding hydrogens is 282 g/mol. The third-order valence-electron chi connectivity index (χ3n) is 2.57. The van der Waals surface area contributed by atoms with Crippen molar-refractivity contribution in [2.45, 2.75) is 13.8 Å². The molecule has 1 unspecified atom stereocenters. The van der Waals surface area contributed by atoms with Crippen LogP contribution in [0.15, 0.2) is 16.6 Å². The molecule has 4 nitrogen and oxygen atoms in total. The summed E-state index contributed by atoms with van der Waals surface area (Å²) in [5.74, 6) is -0.137. The molecule has 1 aromatic rings. The van der Waals surface area contributed by atoms with Crippen molar-refractivity contribution in [3.05, 3.63) is 22.2 Å². The molecule has 1 aromatic carbocycles. The molecule has 0 bridgehead atoms. The Kier molecular flexibility index (Phi) is 4.96. The Balaban J connectivity index is 2.85. The highest BCUT2D eigenvalue weighted by Crippen LogP contribution is 2.27. The second-order valence-electron chi connectivity index (χ2n) is 4.13. The average molecular weight is 300 g/mol. The zero-order valence-corrected chi connectivity index (χ0v) is 11.9. The second kappa shape index (κ2) is 6.02. The molecule has 0 aliphatic heterocycles. The number of nitrogens with two attached hydrogens (primary N) is 1. The molecule has 0 spiro atoms. The van der Waals surface area contributed by atoms with Crippen LogP contribution in [0.3, 0.4) is 0 Å². The van der Waals surface area contributed by atoms with Gasteiger partial charge >= 0.3 is 0 Å². The van der Waals surface area contributed by atoms with Crippen LogP contribution < -0.4 is 16.4 Å². The molecule has 0 fully saturated rings. The lowest BCUT2D eigenvalue weighted by molar-refractivity contribution is -0.119. The van der Waals surface area contributed by atoms with E-state index in [2.05, 4.69) is 26.6 Å². The highest BCUT2D eigenvalue weighted by Gasteiger charge is 2.14. The lowest BCUT2D eigenvalue weighted by atomic mass is 10.1. The van der Waals surface area contributed by atoms with Gasteiger partial charge in [0.15, 0.2) is 0 Å². The SMILES string of the molecule is CNCC(C)C(=O)Nc1cc(Br)cc(C)c1N. The van der Waals surface area contributed by atoms with E-state index in [9.17, 15) is 4.79 Å². The third kappa shape index (κ3) is 3.71. The zero-order valence-electron chi connectivity index (χ0n) is 10.3. The second-order valence-corrected chi connectivity index (χ2v) is 5.05. The molecule has 94 valence electrons. The number of benzene rings is 1. The van der Waals surface area contributed by atoms with E-state index >= 15 is 0 Å². The maximum Gasteiger partial charge on any atom is 0.228 e. The molecule has 0 radical (unpaired) electrons. The summed E-state index contributed by atoms with van der Waals surface area (Å²) in [6, 6.07) is 3.73. The molecule has 5 heteroatoms. The van der Waals surface area contributed by atoms with Gasteiger partial charge in [0.2, 0.25) is 5.91 Å². The Hall–Kier alpha value is -1.07. The van der Waals surface area contributed by atoms with Crippen molar-refractivity contribution in [3.63, 3.8) is 0 Å². The number of nitrogens with one attached hydrogen (secondary N) is 2. The molecule has 4 N–H and O–H groups in total. The molecule has 1 atom stereocenters. The number of hydrogen-bond donors (Lipinski definition) is 3. The van der Waals surface area contributed by atoms with Gasteiger partial charge in [0.05, 0.1) is 11.4 Å². The van der Waals surface area contributed by atoms with Crippen LogP contribution in [0.4, 0.5) is 11.4 Å². The van der Waals surface area contributed by atoms with Crippen LogP contribution in [-0.4, -0.2) is 19.5 Å². The Labute approximate surface area is 110 Å². The summed E-state index contributed by atoms with van der Waals surface area (Å²) in [6.45, 7) is 4.42. The van der Waals surface area contributed by atoms with Gasteiger partial charge in [-0.2, -0.15) is 0 Å². The first-order chi connectivity index (χ1) is 7.95. The van der Waals surface area contributed by atoms with E-state index in [0.717, 1.165) is 10.0 Å². The number of halogens is 1. The minimum Gasteiger partial charge on any atom is -0.397 e. The van der Waals surface area contributed by atoms with Crippen LogP contribution >= 0.6 is 15.9 Å². The summed E-state index contributed by atoms with van der Waals surface area (Å²) in [6.07, 6.45) is 0. The number of aryl methyl sites for hydroxylation is 1. The Morgan fingerprint density at radius 1 is 1.53 bits per heavy atom. The summed E-state index contributed by atoms with van der Waals surface area (Å²) in [5, 5.41) is 5.81. The number of nitrogen functional groups attached to an aromatic ring is 1. The van der Waals surface area contributed by atoms with Crippen LogP contribution in [0.5, 0.6) is 0 Å².